The smallest absolute Gasteiger partial charge is 0.256 e. The van der Waals surface area contributed by atoms with Crippen LogP contribution in [-0.4, -0.2) is 132 Å². The maximum Gasteiger partial charge on any atom is 0.256 e. The molecule has 2 aliphatic rings. The molecule has 12 nitrogen and oxygen atoms in total. The van der Waals surface area contributed by atoms with Gasteiger partial charge in [-0.15, -0.1) is 13.2 Å². The van der Waals surface area contributed by atoms with E-state index in [0.29, 0.717) is 37.1 Å². The molecule has 6 rings (SSSR count). The van der Waals surface area contributed by atoms with Crippen LogP contribution in [0, 0.1) is 0 Å². The average Bonchev–Trinajstić information content (AvgIpc) is 3.25. The van der Waals surface area contributed by atoms with E-state index in [9.17, 15) is 19.8 Å². The van der Waals surface area contributed by atoms with E-state index in [2.05, 4.69) is 96.9 Å². The first-order valence-corrected chi connectivity index (χ1v) is 20.2. The van der Waals surface area contributed by atoms with Gasteiger partial charge in [0.25, 0.3) is 11.8 Å². The van der Waals surface area contributed by atoms with Crippen molar-refractivity contribution in [3.05, 3.63) is 156 Å². The summed E-state index contributed by atoms with van der Waals surface area (Å²) in [5.74, 6) is 0.125. The molecule has 2 saturated heterocycles. The van der Waals surface area contributed by atoms with Crippen LogP contribution in [0.15, 0.2) is 133 Å². The maximum absolute atomic E-state index is 12.5. The summed E-state index contributed by atoms with van der Waals surface area (Å²) in [5.41, 5.74) is 7.91. The molecule has 2 heterocycles. The van der Waals surface area contributed by atoms with E-state index in [1.54, 1.807) is 31.3 Å². The lowest BCUT2D eigenvalue weighted by molar-refractivity contribution is -0.131. The van der Waals surface area contributed by atoms with Gasteiger partial charge in [-0.1, -0.05) is 97.1 Å². The molecule has 0 spiro atoms. The van der Waals surface area contributed by atoms with Crippen LogP contribution in [0.25, 0.3) is 0 Å². The second-order valence-electron chi connectivity index (χ2n) is 14.7. The molecular formula is C47H58N8O4. The lowest BCUT2D eigenvalue weighted by atomic mass is 10.1. The Kier molecular flexibility index (Phi) is 17.6. The zero-order valence-corrected chi connectivity index (χ0v) is 34.2. The topological polar surface area (TPSA) is 128 Å². The molecule has 0 bridgehead atoms. The Bertz CT molecular complexity index is 2010. The van der Waals surface area contributed by atoms with Gasteiger partial charge in [0, 0.05) is 83.6 Å². The molecule has 310 valence electrons. The number of likely N-dealkylation sites (N-methyl/N-ethyl adjacent to an activating group) is 1. The fourth-order valence-corrected chi connectivity index (χ4v) is 6.88. The number of hydrogen-bond acceptors (Lipinski definition) is 10. The molecule has 4 aromatic carbocycles. The predicted molar refractivity (Wildman–Crippen MR) is 236 cm³/mol. The molecule has 0 saturated carbocycles. The Morgan fingerprint density at radius 1 is 0.627 bits per heavy atom. The van der Waals surface area contributed by atoms with Gasteiger partial charge in [0.1, 0.15) is 11.5 Å². The van der Waals surface area contributed by atoms with Crippen LogP contribution >= 0.6 is 0 Å². The number of benzene rings is 4. The number of hydrogen-bond donors (Lipinski definition) is 3. The first kappa shape index (κ1) is 44.2. The standard InChI is InChI=1S/C24H30N4O2.C23H28N4O2/c1-3-8-21-11-7-12-22(24(21)30)17-25-26(2)23(29)19-28-15-13-27(14-16-28)18-20-9-5-4-6-10-20;1-2-7-20-10-6-11-21(23(20)29)16-24-25-22(28)18-27-14-12-26(13-15-27)17-19-8-4-3-5-9-19/h3-7,9-12,17,30H,1,8,13-16,18-19H2,2H3;2-6,8-11,16,29H,1,7,12-15,17-18H2,(H,25,28)/b25-17+;24-16+. The zero-order valence-electron chi connectivity index (χ0n) is 34.2. The van der Waals surface area contributed by atoms with Crippen LogP contribution in [-0.2, 0) is 35.5 Å². The molecule has 2 fully saturated rings. The Morgan fingerprint density at radius 2 is 1.07 bits per heavy atom. The number of carbonyl (C=O) groups is 2. The van der Waals surface area contributed by atoms with Crippen molar-refractivity contribution in [3.63, 3.8) is 0 Å². The van der Waals surface area contributed by atoms with Gasteiger partial charge < -0.3 is 10.2 Å². The van der Waals surface area contributed by atoms with Crippen molar-refractivity contribution in [1.82, 2.24) is 30.0 Å². The highest BCUT2D eigenvalue weighted by atomic mass is 16.3. The van der Waals surface area contributed by atoms with E-state index in [1.807, 2.05) is 36.4 Å². The monoisotopic (exact) mass is 798 g/mol. The van der Waals surface area contributed by atoms with Crippen molar-refractivity contribution >= 4 is 24.2 Å². The second-order valence-corrected chi connectivity index (χ2v) is 14.7. The van der Waals surface area contributed by atoms with E-state index >= 15 is 0 Å². The minimum Gasteiger partial charge on any atom is -0.507 e. The Balaban J connectivity index is 0.000000224. The van der Waals surface area contributed by atoms with E-state index in [4.69, 9.17) is 0 Å². The Labute approximate surface area is 349 Å². The van der Waals surface area contributed by atoms with Gasteiger partial charge >= 0.3 is 0 Å². The summed E-state index contributed by atoms with van der Waals surface area (Å²) in [7, 11) is 1.65. The summed E-state index contributed by atoms with van der Waals surface area (Å²) in [5, 5.41) is 30.1. The second kappa shape index (κ2) is 23.5. The lowest BCUT2D eigenvalue weighted by Gasteiger charge is -2.34. The number of nitrogens with one attached hydrogen (secondary N) is 1. The Morgan fingerprint density at radius 3 is 1.54 bits per heavy atom. The summed E-state index contributed by atoms with van der Waals surface area (Å²) in [4.78, 5) is 33.8. The lowest BCUT2D eigenvalue weighted by Crippen LogP contribution is -2.48. The van der Waals surface area contributed by atoms with Gasteiger partial charge in [-0.25, -0.2) is 10.4 Å². The van der Waals surface area contributed by atoms with Gasteiger partial charge in [0.2, 0.25) is 0 Å². The number of phenolic OH excluding ortho intramolecular Hbond substituents is 2. The quantitative estimate of drug-likeness (QED) is 0.0811. The third kappa shape index (κ3) is 14.4. The zero-order chi connectivity index (χ0) is 41.8. The van der Waals surface area contributed by atoms with Gasteiger partial charge in [-0.05, 0) is 47.2 Å². The number of aromatic hydroxyl groups is 2. The van der Waals surface area contributed by atoms with Gasteiger partial charge in [0.05, 0.1) is 25.5 Å². The average molecular weight is 799 g/mol. The summed E-state index contributed by atoms with van der Waals surface area (Å²) in [6.07, 6.45) is 7.63. The molecular weight excluding hydrogens is 741 g/mol. The number of carbonyl (C=O) groups excluding carboxylic acids is 2. The van der Waals surface area contributed by atoms with Crippen molar-refractivity contribution in [2.45, 2.75) is 25.9 Å². The van der Waals surface area contributed by atoms with Crippen molar-refractivity contribution < 1.29 is 19.8 Å². The van der Waals surface area contributed by atoms with Crippen LogP contribution < -0.4 is 5.43 Å². The van der Waals surface area contributed by atoms with Crippen LogP contribution in [0.4, 0.5) is 0 Å². The summed E-state index contributed by atoms with van der Waals surface area (Å²) in [6.45, 7) is 17.1. The summed E-state index contributed by atoms with van der Waals surface area (Å²) in [6, 6.07) is 31.8. The van der Waals surface area contributed by atoms with Gasteiger partial charge in [0.15, 0.2) is 0 Å². The number of allylic oxidation sites excluding steroid dienone is 2. The van der Waals surface area contributed by atoms with Crippen LogP contribution in [0.5, 0.6) is 11.5 Å². The van der Waals surface area contributed by atoms with E-state index in [0.717, 1.165) is 76.6 Å². The normalized spacial score (nSPS) is 15.4. The summed E-state index contributed by atoms with van der Waals surface area (Å²) < 4.78 is 0. The fourth-order valence-electron chi connectivity index (χ4n) is 6.88. The molecule has 0 atom stereocenters. The molecule has 3 N–H and O–H groups in total. The van der Waals surface area contributed by atoms with Crippen LogP contribution in [0.3, 0.4) is 0 Å². The van der Waals surface area contributed by atoms with Gasteiger partial charge in [-0.3, -0.25) is 29.2 Å². The number of para-hydroxylation sites is 2. The molecule has 0 aromatic heterocycles. The van der Waals surface area contributed by atoms with E-state index < -0.39 is 0 Å². The fraction of sp³-hybridized carbons (Fsp3) is 0.319. The van der Waals surface area contributed by atoms with E-state index in [1.165, 1.54) is 28.6 Å². The molecule has 2 amide bonds. The van der Waals surface area contributed by atoms with Crippen molar-refractivity contribution in [2.75, 3.05) is 72.5 Å². The molecule has 4 aromatic rings. The molecule has 0 unspecified atom stereocenters. The van der Waals surface area contributed by atoms with Crippen molar-refractivity contribution in [2.24, 2.45) is 10.2 Å². The summed E-state index contributed by atoms with van der Waals surface area (Å²) >= 11 is 0. The number of amides is 2. The minimum absolute atomic E-state index is 0.0653. The largest absolute Gasteiger partial charge is 0.507 e. The number of nitrogens with zero attached hydrogens (tertiary/aromatic N) is 7. The van der Waals surface area contributed by atoms with Crippen LogP contribution in [0.2, 0.25) is 0 Å². The molecule has 12 heteroatoms. The van der Waals surface area contributed by atoms with Crippen molar-refractivity contribution in [3.8, 4) is 11.5 Å². The van der Waals surface area contributed by atoms with E-state index in [-0.39, 0.29) is 23.3 Å². The minimum atomic E-state index is -0.153. The molecule has 2 aliphatic heterocycles. The third-order valence-corrected chi connectivity index (χ3v) is 10.3. The highest BCUT2D eigenvalue weighted by Gasteiger charge is 2.21. The first-order chi connectivity index (χ1) is 28.7. The highest BCUT2D eigenvalue weighted by Crippen LogP contribution is 2.23. The molecule has 0 aliphatic carbocycles. The maximum atomic E-state index is 12.5. The Hall–Kier alpha value is -5.92. The van der Waals surface area contributed by atoms with Crippen LogP contribution in [0.1, 0.15) is 33.4 Å². The molecule has 59 heavy (non-hydrogen) atoms. The van der Waals surface area contributed by atoms with Crippen molar-refractivity contribution in [1.29, 1.82) is 0 Å². The number of rotatable bonds is 16. The number of phenols is 2. The third-order valence-electron chi connectivity index (χ3n) is 10.3. The predicted octanol–water partition coefficient (Wildman–Crippen LogP) is 5.12. The molecule has 0 radical (unpaired) electrons. The highest BCUT2D eigenvalue weighted by molar-refractivity contribution is 5.87. The SMILES string of the molecule is C=CCc1cccc(/C=N/N(C)C(=O)CN2CCN(Cc3ccccc3)CC2)c1O.C=CCc1cccc(/C=N/NC(=O)CN2CCN(Cc3ccccc3)CC2)c1O. The number of piperazine rings is 2. The first-order valence-electron chi connectivity index (χ1n) is 20.2. The van der Waals surface area contributed by atoms with Gasteiger partial charge in [-0.2, -0.15) is 10.2 Å². The number of hydrazone groups is 2.